The molecule has 4 rings (SSSR count). The molecule has 6 nitrogen and oxygen atoms in total. The van der Waals surface area contributed by atoms with Gasteiger partial charge in [-0.15, -0.1) is 0 Å². The topological polar surface area (TPSA) is 104 Å². The normalized spacial score (nSPS) is 14.3. The summed E-state index contributed by atoms with van der Waals surface area (Å²) in [7, 11) is 0. The molecule has 3 aromatic rings. The summed E-state index contributed by atoms with van der Waals surface area (Å²) in [5, 5.41) is 0. The van der Waals surface area contributed by atoms with Crippen LogP contribution in [-0.4, -0.2) is 19.9 Å². The number of anilines is 2. The Kier molecular flexibility index (Phi) is 3.57. The molecule has 0 bridgehead atoms. The van der Waals surface area contributed by atoms with Crippen LogP contribution in [0.2, 0.25) is 0 Å². The number of nitrogens with zero attached hydrogens (tertiary/aromatic N) is 4. The van der Waals surface area contributed by atoms with Gasteiger partial charge in [-0.2, -0.15) is 0 Å². The minimum absolute atomic E-state index is 0.286. The van der Waals surface area contributed by atoms with Crippen molar-refractivity contribution >= 4 is 11.9 Å². The highest BCUT2D eigenvalue weighted by Crippen LogP contribution is 2.42. The van der Waals surface area contributed by atoms with Gasteiger partial charge in [-0.1, -0.05) is 24.6 Å². The molecule has 4 N–H and O–H groups in total. The van der Waals surface area contributed by atoms with Crippen molar-refractivity contribution in [2.24, 2.45) is 0 Å². The standard InChI is InChI=1S/C18H18N6/c19-17-21-7-13(8-22-17)12-4-5-15(14-9-23-18(20)24-10-14)16(6-12)11-2-1-3-11/h4-11H,1-3H2,(H2,19,21,22)(H2,20,23,24). The first-order valence-corrected chi connectivity index (χ1v) is 8.00. The predicted octanol–water partition coefficient (Wildman–Crippen LogP) is 3.03. The molecule has 1 aliphatic carbocycles. The van der Waals surface area contributed by atoms with Crippen molar-refractivity contribution in [2.45, 2.75) is 25.2 Å². The van der Waals surface area contributed by atoms with E-state index >= 15 is 0 Å². The fourth-order valence-electron chi connectivity index (χ4n) is 3.03. The van der Waals surface area contributed by atoms with Crippen molar-refractivity contribution in [2.75, 3.05) is 11.5 Å². The zero-order valence-corrected chi connectivity index (χ0v) is 13.2. The van der Waals surface area contributed by atoms with Crippen LogP contribution < -0.4 is 11.5 Å². The number of nitrogens with two attached hydrogens (primary N) is 2. The van der Waals surface area contributed by atoms with E-state index in [0.717, 1.165) is 16.7 Å². The summed E-state index contributed by atoms with van der Waals surface area (Å²) in [5.41, 5.74) is 16.7. The zero-order chi connectivity index (χ0) is 16.5. The molecular formula is C18H18N6. The molecule has 24 heavy (non-hydrogen) atoms. The molecule has 0 unspecified atom stereocenters. The number of nitrogen functional groups attached to an aromatic ring is 2. The molecule has 0 radical (unpaired) electrons. The van der Waals surface area contributed by atoms with Crippen LogP contribution in [0.25, 0.3) is 22.3 Å². The lowest BCUT2D eigenvalue weighted by atomic mass is 9.76. The Morgan fingerprint density at radius 3 is 1.88 bits per heavy atom. The number of benzene rings is 1. The van der Waals surface area contributed by atoms with E-state index in [4.69, 9.17) is 11.5 Å². The first-order valence-electron chi connectivity index (χ1n) is 8.00. The molecule has 1 fully saturated rings. The summed E-state index contributed by atoms with van der Waals surface area (Å²) >= 11 is 0. The average molecular weight is 318 g/mol. The minimum atomic E-state index is 0.286. The molecule has 2 aromatic heterocycles. The quantitative estimate of drug-likeness (QED) is 0.769. The molecule has 1 aromatic carbocycles. The van der Waals surface area contributed by atoms with Gasteiger partial charge in [-0.3, -0.25) is 0 Å². The van der Waals surface area contributed by atoms with Gasteiger partial charge >= 0.3 is 0 Å². The van der Waals surface area contributed by atoms with E-state index in [2.05, 4.69) is 38.1 Å². The predicted molar refractivity (Wildman–Crippen MR) is 93.9 cm³/mol. The Morgan fingerprint density at radius 1 is 0.750 bits per heavy atom. The smallest absolute Gasteiger partial charge is 0.219 e. The van der Waals surface area contributed by atoms with E-state index in [1.807, 2.05) is 0 Å². The van der Waals surface area contributed by atoms with E-state index < -0.39 is 0 Å². The lowest BCUT2D eigenvalue weighted by Crippen LogP contribution is -2.10. The van der Waals surface area contributed by atoms with Gasteiger partial charge in [0.15, 0.2) is 0 Å². The second-order valence-electron chi connectivity index (χ2n) is 6.09. The van der Waals surface area contributed by atoms with Crippen LogP contribution in [0.3, 0.4) is 0 Å². The van der Waals surface area contributed by atoms with E-state index in [1.165, 1.54) is 30.4 Å². The van der Waals surface area contributed by atoms with Crippen LogP contribution in [0, 0.1) is 0 Å². The summed E-state index contributed by atoms with van der Waals surface area (Å²) in [6.45, 7) is 0. The summed E-state index contributed by atoms with van der Waals surface area (Å²) < 4.78 is 0. The van der Waals surface area contributed by atoms with Crippen LogP contribution in [0.4, 0.5) is 11.9 Å². The lowest BCUT2D eigenvalue weighted by Gasteiger charge is -2.28. The molecular weight excluding hydrogens is 300 g/mol. The maximum atomic E-state index is 5.61. The maximum absolute atomic E-state index is 5.61. The Bertz CT molecular complexity index is 854. The Labute approximate surface area is 140 Å². The summed E-state index contributed by atoms with van der Waals surface area (Å²) in [6, 6.07) is 6.42. The molecule has 120 valence electrons. The number of aromatic nitrogens is 4. The third-order valence-corrected chi connectivity index (χ3v) is 4.58. The van der Waals surface area contributed by atoms with E-state index in [9.17, 15) is 0 Å². The van der Waals surface area contributed by atoms with Crippen molar-refractivity contribution in [3.63, 3.8) is 0 Å². The van der Waals surface area contributed by atoms with Crippen LogP contribution in [0.1, 0.15) is 30.7 Å². The molecule has 0 atom stereocenters. The zero-order valence-electron chi connectivity index (χ0n) is 13.2. The molecule has 1 saturated carbocycles. The van der Waals surface area contributed by atoms with Crippen LogP contribution in [0.5, 0.6) is 0 Å². The first-order chi connectivity index (χ1) is 11.7. The molecule has 0 spiro atoms. The van der Waals surface area contributed by atoms with Gasteiger partial charge in [0.2, 0.25) is 11.9 Å². The summed E-state index contributed by atoms with van der Waals surface area (Å²) in [4.78, 5) is 16.4. The van der Waals surface area contributed by atoms with Gasteiger partial charge in [0.1, 0.15) is 0 Å². The molecule has 0 saturated heterocycles. The molecule has 0 aliphatic heterocycles. The molecule has 1 aliphatic rings. The second kappa shape index (κ2) is 5.88. The van der Waals surface area contributed by atoms with Crippen molar-refractivity contribution in [1.82, 2.24) is 19.9 Å². The average Bonchev–Trinajstić information content (AvgIpc) is 2.55. The van der Waals surface area contributed by atoms with Crippen molar-refractivity contribution in [3.8, 4) is 22.3 Å². The van der Waals surface area contributed by atoms with Gasteiger partial charge in [-0.25, -0.2) is 19.9 Å². The second-order valence-corrected chi connectivity index (χ2v) is 6.09. The summed E-state index contributed by atoms with van der Waals surface area (Å²) in [6.07, 6.45) is 10.8. The van der Waals surface area contributed by atoms with Crippen LogP contribution in [-0.2, 0) is 0 Å². The number of hydrogen-bond donors (Lipinski definition) is 2. The van der Waals surface area contributed by atoms with Gasteiger partial charge in [0.05, 0.1) is 0 Å². The summed E-state index contributed by atoms with van der Waals surface area (Å²) in [5.74, 6) is 1.15. The Balaban J connectivity index is 1.79. The first kappa shape index (κ1) is 14.6. The van der Waals surface area contributed by atoms with Gasteiger partial charge in [0.25, 0.3) is 0 Å². The van der Waals surface area contributed by atoms with Crippen LogP contribution >= 0.6 is 0 Å². The SMILES string of the molecule is Nc1ncc(-c2ccc(-c3cnc(N)nc3)c(C3CCC3)c2)cn1. The van der Waals surface area contributed by atoms with Crippen LogP contribution in [0.15, 0.2) is 43.0 Å². The fraction of sp³-hybridized carbons (Fsp3) is 0.222. The van der Waals surface area contributed by atoms with E-state index in [-0.39, 0.29) is 5.95 Å². The highest BCUT2D eigenvalue weighted by atomic mass is 15.0. The third kappa shape index (κ3) is 2.67. The Hall–Kier alpha value is -3.02. The van der Waals surface area contributed by atoms with Crippen molar-refractivity contribution in [1.29, 1.82) is 0 Å². The minimum Gasteiger partial charge on any atom is -0.368 e. The molecule has 0 amide bonds. The van der Waals surface area contributed by atoms with Crippen molar-refractivity contribution < 1.29 is 0 Å². The van der Waals surface area contributed by atoms with Gasteiger partial charge < -0.3 is 11.5 Å². The lowest BCUT2D eigenvalue weighted by molar-refractivity contribution is 0.420. The monoisotopic (exact) mass is 318 g/mol. The molecule has 2 heterocycles. The largest absolute Gasteiger partial charge is 0.368 e. The van der Waals surface area contributed by atoms with Gasteiger partial charge in [-0.05, 0) is 35.4 Å². The third-order valence-electron chi connectivity index (χ3n) is 4.58. The highest BCUT2D eigenvalue weighted by Gasteiger charge is 2.23. The van der Waals surface area contributed by atoms with Gasteiger partial charge in [0, 0.05) is 35.9 Å². The Morgan fingerprint density at radius 2 is 1.33 bits per heavy atom. The maximum Gasteiger partial charge on any atom is 0.219 e. The fourth-order valence-corrected chi connectivity index (χ4v) is 3.03. The highest BCUT2D eigenvalue weighted by molar-refractivity contribution is 5.73. The number of rotatable bonds is 3. The van der Waals surface area contributed by atoms with Crippen molar-refractivity contribution in [3.05, 3.63) is 48.5 Å². The van der Waals surface area contributed by atoms with E-state index in [1.54, 1.807) is 24.8 Å². The van der Waals surface area contributed by atoms with E-state index in [0.29, 0.717) is 11.9 Å². The molecule has 6 heteroatoms. The number of hydrogen-bond acceptors (Lipinski definition) is 6.